The molecule has 0 aliphatic carbocycles. The summed E-state index contributed by atoms with van der Waals surface area (Å²) in [5.41, 5.74) is 6.76. The van der Waals surface area contributed by atoms with Crippen LogP contribution < -0.4 is 16.0 Å². The summed E-state index contributed by atoms with van der Waals surface area (Å²) in [5.74, 6) is 0.312. The maximum atomic E-state index is 14.7. The molecule has 2 fully saturated rings. The van der Waals surface area contributed by atoms with Crippen LogP contribution in [0.25, 0.3) is 0 Å². The summed E-state index contributed by atoms with van der Waals surface area (Å²) in [7, 11) is 2.18. The third-order valence-corrected chi connectivity index (χ3v) is 5.57. The van der Waals surface area contributed by atoms with Gasteiger partial charge in [-0.1, -0.05) is 0 Å². The number of aromatic nitrogens is 3. The first-order valence-corrected chi connectivity index (χ1v) is 9.50. The molecule has 0 atom stereocenters. The van der Waals surface area contributed by atoms with Crippen molar-refractivity contribution in [3.63, 3.8) is 0 Å². The van der Waals surface area contributed by atoms with Crippen molar-refractivity contribution in [2.45, 2.75) is 18.9 Å². The predicted octanol–water partition coefficient (Wildman–Crippen LogP) is 1.49. The Morgan fingerprint density at radius 3 is 2.52 bits per heavy atom. The molecule has 0 amide bonds. The van der Waals surface area contributed by atoms with Crippen LogP contribution in [0.4, 0.5) is 27.7 Å². The van der Waals surface area contributed by atoms with E-state index in [4.69, 9.17) is 5.73 Å². The van der Waals surface area contributed by atoms with Crippen LogP contribution >= 0.6 is 0 Å². The van der Waals surface area contributed by atoms with Crippen LogP contribution in [-0.2, 0) is 0 Å². The zero-order valence-corrected chi connectivity index (χ0v) is 15.7. The van der Waals surface area contributed by atoms with Crippen molar-refractivity contribution in [1.82, 2.24) is 25.0 Å². The molecule has 0 spiro atoms. The van der Waals surface area contributed by atoms with Gasteiger partial charge >= 0.3 is 0 Å². The Hall–Kier alpha value is -2.39. The molecule has 0 radical (unpaired) electrons. The highest BCUT2D eigenvalue weighted by Gasteiger charge is 2.27. The van der Waals surface area contributed by atoms with Crippen molar-refractivity contribution in [3.8, 4) is 0 Å². The van der Waals surface area contributed by atoms with Crippen molar-refractivity contribution >= 4 is 23.3 Å². The van der Waals surface area contributed by atoms with Crippen molar-refractivity contribution in [3.05, 3.63) is 24.0 Å². The van der Waals surface area contributed by atoms with E-state index >= 15 is 0 Å². The number of anilines is 4. The second-order valence-corrected chi connectivity index (χ2v) is 7.39. The average molecular weight is 374 g/mol. The number of halogens is 1. The number of rotatable bonds is 4. The molecule has 0 bridgehead atoms. The van der Waals surface area contributed by atoms with Gasteiger partial charge in [-0.05, 0) is 38.1 Å². The van der Waals surface area contributed by atoms with E-state index in [9.17, 15) is 4.39 Å². The number of nitrogens with zero attached hydrogens (tertiary/aromatic N) is 5. The van der Waals surface area contributed by atoms with Crippen LogP contribution in [0, 0.1) is 5.82 Å². The number of piperidine rings is 1. The van der Waals surface area contributed by atoms with Gasteiger partial charge in [-0.2, -0.15) is 4.98 Å². The molecular weight excluding hydrogens is 347 g/mol. The molecule has 2 aliphatic heterocycles. The van der Waals surface area contributed by atoms with Gasteiger partial charge < -0.3 is 20.9 Å². The largest absolute Gasteiger partial charge is 0.369 e. The van der Waals surface area contributed by atoms with Crippen LogP contribution in [0.3, 0.4) is 0 Å². The van der Waals surface area contributed by atoms with Crippen LogP contribution in [-0.4, -0.2) is 77.3 Å². The maximum Gasteiger partial charge on any atom is 0.248 e. The zero-order chi connectivity index (χ0) is 18.8. The fourth-order valence-corrected chi connectivity index (χ4v) is 3.96. The Labute approximate surface area is 158 Å². The maximum absolute atomic E-state index is 14.7. The second kappa shape index (κ2) is 7.69. The summed E-state index contributed by atoms with van der Waals surface area (Å²) >= 11 is 0. The minimum absolute atomic E-state index is 0.220. The zero-order valence-electron chi connectivity index (χ0n) is 15.7. The number of benzene rings is 1. The van der Waals surface area contributed by atoms with Gasteiger partial charge in [0.25, 0.3) is 0 Å². The fraction of sp³-hybridized carbons (Fsp3) is 0.556. The van der Waals surface area contributed by atoms with E-state index in [0.717, 1.165) is 52.1 Å². The smallest absolute Gasteiger partial charge is 0.248 e. The Bertz CT molecular complexity index is 762. The van der Waals surface area contributed by atoms with Gasteiger partial charge in [0.2, 0.25) is 11.9 Å². The minimum atomic E-state index is -0.235. The van der Waals surface area contributed by atoms with Gasteiger partial charge in [0, 0.05) is 51.0 Å². The number of hydrogen-bond acceptors (Lipinski definition) is 7. The van der Waals surface area contributed by atoms with Crippen LogP contribution in [0.2, 0.25) is 0 Å². The summed E-state index contributed by atoms with van der Waals surface area (Å²) < 4.78 is 14.7. The standard InChI is InChI=1S/C18H27FN8/c1-25-8-10-26(11-9-25)14-4-6-27(7-5-14)16-3-2-13(12-15(16)19)21-18-22-17(20)23-24-18/h2-3,12,14H,4-11H2,1H3,(H4,20,21,22,23,24). The molecule has 8 nitrogen and oxygen atoms in total. The molecule has 146 valence electrons. The SMILES string of the molecule is CN1CCN(C2CCN(c3ccc(Nc4n[nH]c(N)n4)cc3F)CC2)CC1. The van der Waals surface area contributed by atoms with Gasteiger partial charge in [0.05, 0.1) is 5.69 Å². The van der Waals surface area contributed by atoms with Crippen molar-refractivity contribution in [2.24, 2.45) is 0 Å². The number of aromatic amines is 1. The normalized spacial score (nSPS) is 20.1. The molecule has 3 heterocycles. The number of hydrogen-bond donors (Lipinski definition) is 3. The molecule has 2 saturated heterocycles. The van der Waals surface area contributed by atoms with Gasteiger partial charge in [-0.25, -0.2) is 9.49 Å². The Morgan fingerprint density at radius 1 is 1.15 bits per heavy atom. The van der Waals surface area contributed by atoms with Gasteiger partial charge in [0.15, 0.2) is 0 Å². The highest BCUT2D eigenvalue weighted by molar-refractivity contribution is 5.60. The Kier molecular flexibility index (Phi) is 5.13. The molecule has 2 aromatic rings. The first-order chi connectivity index (χ1) is 13.1. The summed E-state index contributed by atoms with van der Waals surface area (Å²) in [6.45, 7) is 6.33. The average Bonchev–Trinajstić information content (AvgIpc) is 3.07. The van der Waals surface area contributed by atoms with Crippen LogP contribution in [0.5, 0.6) is 0 Å². The third kappa shape index (κ3) is 4.14. The lowest BCUT2D eigenvalue weighted by Crippen LogP contribution is -2.52. The quantitative estimate of drug-likeness (QED) is 0.747. The van der Waals surface area contributed by atoms with Gasteiger partial charge in [-0.3, -0.25) is 4.90 Å². The van der Waals surface area contributed by atoms with Gasteiger partial charge in [-0.15, -0.1) is 5.10 Å². The summed E-state index contributed by atoms with van der Waals surface area (Å²) in [6, 6.07) is 5.77. The first kappa shape index (κ1) is 18.0. The number of H-pyrrole nitrogens is 1. The summed E-state index contributed by atoms with van der Waals surface area (Å²) in [5, 5.41) is 9.39. The molecule has 9 heteroatoms. The van der Waals surface area contributed by atoms with E-state index in [-0.39, 0.29) is 11.8 Å². The van der Waals surface area contributed by atoms with E-state index in [2.05, 4.69) is 42.2 Å². The minimum Gasteiger partial charge on any atom is -0.369 e. The number of piperazine rings is 1. The second-order valence-electron chi connectivity index (χ2n) is 7.39. The number of nitrogens with one attached hydrogen (secondary N) is 2. The molecular formula is C18H27FN8. The van der Waals surface area contributed by atoms with E-state index in [0.29, 0.717) is 23.4 Å². The summed E-state index contributed by atoms with van der Waals surface area (Å²) in [4.78, 5) is 11.1. The Morgan fingerprint density at radius 2 is 1.89 bits per heavy atom. The lowest BCUT2D eigenvalue weighted by atomic mass is 10.0. The lowest BCUT2D eigenvalue weighted by Gasteiger charge is -2.42. The molecule has 0 saturated carbocycles. The topological polar surface area (TPSA) is 89.3 Å². The molecule has 0 unspecified atom stereocenters. The molecule has 1 aromatic carbocycles. The van der Waals surface area contributed by atoms with Crippen molar-refractivity contribution < 1.29 is 4.39 Å². The van der Waals surface area contributed by atoms with E-state index in [1.807, 2.05) is 12.1 Å². The van der Waals surface area contributed by atoms with Crippen LogP contribution in [0.15, 0.2) is 18.2 Å². The van der Waals surface area contributed by atoms with Crippen molar-refractivity contribution in [2.75, 3.05) is 62.3 Å². The number of nitrogens with two attached hydrogens (primary N) is 1. The van der Waals surface area contributed by atoms with E-state index in [1.54, 1.807) is 0 Å². The number of likely N-dealkylation sites (N-methyl/N-ethyl adjacent to an activating group) is 1. The van der Waals surface area contributed by atoms with Crippen molar-refractivity contribution in [1.29, 1.82) is 0 Å². The third-order valence-electron chi connectivity index (χ3n) is 5.57. The molecule has 1 aromatic heterocycles. The monoisotopic (exact) mass is 374 g/mol. The van der Waals surface area contributed by atoms with E-state index < -0.39 is 0 Å². The van der Waals surface area contributed by atoms with E-state index in [1.165, 1.54) is 6.07 Å². The van der Waals surface area contributed by atoms with Gasteiger partial charge in [0.1, 0.15) is 5.82 Å². The predicted molar refractivity (Wildman–Crippen MR) is 105 cm³/mol. The molecule has 27 heavy (non-hydrogen) atoms. The number of nitrogen functional groups attached to an aromatic ring is 1. The highest BCUT2D eigenvalue weighted by Crippen LogP contribution is 2.28. The van der Waals surface area contributed by atoms with Crippen LogP contribution in [0.1, 0.15) is 12.8 Å². The molecule has 4 rings (SSSR count). The first-order valence-electron chi connectivity index (χ1n) is 9.50. The highest BCUT2D eigenvalue weighted by atomic mass is 19.1. The Balaban J connectivity index is 1.35. The summed E-state index contributed by atoms with van der Waals surface area (Å²) in [6.07, 6.45) is 2.17. The molecule has 4 N–H and O–H groups in total. The molecule has 2 aliphatic rings. The lowest BCUT2D eigenvalue weighted by molar-refractivity contribution is 0.0981. The fourth-order valence-electron chi connectivity index (χ4n) is 3.96.